The lowest BCUT2D eigenvalue weighted by atomic mass is 10.0. The van der Waals surface area contributed by atoms with Crippen LogP contribution >= 0.6 is 0 Å². The lowest BCUT2D eigenvalue weighted by Gasteiger charge is -2.05. The van der Waals surface area contributed by atoms with Gasteiger partial charge in [0.1, 0.15) is 0 Å². The van der Waals surface area contributed by atoms with Crippen molar-refractivity contribution in [1.82, 2.24) is 0 Å². The van der Waals surface area contributed by atoms with Crippen LogP contribution in [0.3, 0.4) is 0 Å². The number of unbranched alkanes of at least 4 members (excludes halogenated alkanes) is 10. The molecule has 0 saturated heterocycles. The molecule has 0 saturated carbocycles. The number of hydrogen-bond donors (Lipinski definition) is 0. The molecule has 1 aliphatic carbocycles. The molecule has 21 heavy (non-hydrogen) atoms. The van der Waals surface area contributed by atoms with E-state index >= 15 is 0 Å². The minimum atomic E-state index is 0.756. The van der Waals surface area contributed by atoms with E-state index < -0.39 is 0 Å². The second kappa shape index (κ2) is 13.2. The summed E-state index contributed by atoms with van der Waals surface area (Å²) < 4.78 is 0. The quantitative estimate of drug-likeness (QED) is 0.289. The first-order valence-electron chi connectivity index (χ1n) is 9.75. The van der Waals surface area contributed by atoms with Crippen molar-refractivity contribution in [2.45, 2.75) is 104 Å². The molecule has 0 fully saturated rings. The highest BCUT2D eigenvalue weighted by molar-refractivity contribution is 5.28. The molecule has 1 rings (SSSR count). The number of allylic oxidation sites excluding steroid dienone is 4. The molecule has 0 heteroatoms. The Balaban J connectivity index is 1.97. The van der Waals surface area contributed by atoms with Crippen molar-refractivity contribution >= 4 is 0 Å². The molecule has 0 aromatic rings. The molecule has 0 nitrogen and oxygen atoms in total. The lowest BCUT2D eigenvalue weighted by molar-refractivity contribution is 0.564. The van der Waals surface area contributed by atoms with E-state index in [0.29, 0.717) is 0 Å². The van der Waals surface area contributed by atoms with E-state index in [4.69, 9.17) is 0 Å². The van der Waals surface area contributed by atoms with Crippen LogP contribution in [0.1, 0.15) is 104 Å². The van der Waals surface area contributed by atoms with Crippen molar-refractivity contribution < 1.29 is 0 Å². The molecule has 0 amide bonds. The minimum absolute atomic E-state index is 0.756. The first-order chi connectivity index (χ1) is 10.4. The van der Waals surface area contributed by atoms with Crippen LogP contribution in [-0.4, -0.2) is 0 Å². The second-order valence-corrected chi connectivity index (χ2v) is 6.84. The molecule has 0 aromatic heterocycles. The van der Waals surface area contributed by atoms with Gasteiger partial charge in [-0.3, -0.25) is 0 Å². The van der Waals surface area contributed by atoms with Crippen molar-refractivity contribution in [3.63, 3.8) is 0 Å². The van der Waals surface area contributed by atoms with E-state index in [0.717, 1.165) is 5.92 Å². The Morgan fingerprint density at radius 2 is 1.29 bits per heavy atom. The molecule has 0 spiro atoms. The van der Waals surface area contributed by atoms with Gasteiger partial charge >= 0.3 is 0 Å². The van der Waals surface area contributed by atoms with Gasteiger partial charge in [-0.25, -0.2) is 0 Å². The highest BCUT2D eigenvalue weighted by Gasteiger charge is 2.08. The maximum Gasteiger partial charge on any atom is -0.00445 e. The van der Waals surface area contributed by atoms with E-state index in [1.807, 2.05) is 0 Å². The maximum absolute atomic E-state index is 2.54. The zero-order valence-corrected chi connectivity index (χ0v) is 14.7. The zero-order valence-electron chi connectivity index (χ0n) is 14.7. The van der Waals surface area contributed by atoms with E-state index in [9.17, 15) is 0 Å². The average molecular weight is 291 g/mol. The summed E-state index contributed by atoms with van der Waals surface area (Å²) in [5.41, 5.74) is 1.61. The highest BCUT2D eigenvalue weighted by atomic mass is 14.1. The van der Waals surface area contributed by atoms with Crippen LogP contribution in [0.5, 0.6) is 0 Å². The molecular weight excluding hydrogens is 252 g/mol. The van der Waals surface area contributed by atoms with Crippen LogP contribution in [0.2, 0.25) is 0 Å². The molecule has 0 heterocycles. The van der Waals surface area contributed by atoms with Crippen LogP contribution in [-0.2, 0) is 0 Å². The summed E-state index contributed by atoms with van der Waals surface area (Å²) in [5.74, 6) is 0.756. The van der Waals surface area contributed by atoms with Gasteiger partial charge in [-0.1, -0.05) is 108 Å². The Morgan fingerprint density at radius 3 is 1.95 bits per heavy atom. The molecular formula is C21H38. The third kappa shape index (κ3) is 9.93. The third-order valence-corrected chi connectivity index (χ3v) is 4.70. The normalized spacial score (nSPS) is 17.4. The molecule has 0 radical (unpaired) electrons. The van der Waals surface area contributed by atoms with Crippen LogP contribution < -0.4 is 0 Å². The predicted molar refractivity (Wildman–Crippen MR) is 96.7 cm³/mol. The molecule has 0 bridgehead atoms. The molecule has 0 N–H and O–H groups in total. The fraction of sp³-hybridized carbons (Fsp3) is 0.810. The van der Waals surface area contributed by atoms with Crippen molar-refractivity contribution in [1.29, 1.82) is 0 Å². The van der Waals surface area contributed by atoms with Crippen molar-refractivity contribution in [3.8, 4) is 0 Å². The number of hydrogen-bond acceptors (Lipinski definition) is 0. The van der Waals surface area contributed by atoms with Crippen molar-refractivity contribution in [2.75, 3.05) is 0 Å². The fourth-order valence-electron chi connectivity index (χ4n) is 3.25. The van der Waals surface area contributed by atoms with Gasteiger partial charge in [0.05, 0.1) is 0 Å². The summed E-state index contributed by atoms with van der Waals surface area (Å²) in [4.78, 5) is 0. The van der Waals surface area contributed by atoms with Gasteiger partial charge in [-0.2, -0.15) is 0 Å². The predicted octanol–water partition coefficient (Wildman–Crippen LogP) is 7.60. The topological polar surface area (TPSA) is 0 Å². The van der Waals surface area contributed by atoms with Gasteiger partial charge in [-0.05, 0) is 25.2 Å². The standard InChI is InChI=1S/C21H38/c1-3-5-7-9-11-13-15-20-17-18-21(19-20)16-14-12-10-8-6-4-2/h17-20H,3-16H2,1-2H3. The van der Waals surface area contributed by atoms with Crippen molar-refractivity contribution in [2.24, 2.45) is 5.92 Å². The molecule has 122 valence electrons. The first kappa shape index (κ1) is 18.5. The molecule has 0 aromatic carbocycles. The molecule has 1 atom stereocenters. The molecule has 0 aliphatic heterocycles. The zero-order chi connectivity index (χ0) is 15.2. The average Bonchev–Trinajstić information content (AvgIpc) is 2.94. The first-order valence-corrected chi connectivity index (χ1v) is 9.75. The Hall–Kier alpha value is -0.520. The van der Waals surface area contributed by atoms with E-state index in [1.54, 1.807) is 5.57 Å². The van der Waals surface area contributed by atoms with Crippen LogP contribution in [0, 0.1) is 5.92 Å². The van der Waals surface area contributed by atoms with E-state index in [2.05, 4.69) is 32.1 Å². The largest absolute Gasteiger partial charge is 0.0773 e. The SMILES string of the molecule is CCCCCCCCC1=CC(CCCCCCCC)C=C1. The summed E-state index contributed by atoms with van der Waals surface area (Å²) in [5, 5.41) is 0. The molecule has 1 unspecified atom stereocenters. The Bertz CT molecular complexity index is 284. The van der Waals surface area contributed by atoms with Crippen molar-refractivity contribution in [3.05, 3.63) is 23.8 Å². The van der Waals surface area contributed by atoms with Gasteiger partial charge in [0.2, 0.25) is 0 Å². The minimum Gasteiger partial charge on any atom is -0.0773 e. The van der Waals surface area contributed by atoms with Gasteiger partial charge in [-0.15, -0.1) is 0 Å². The Kier molecular flexibility index (Phi) is 11.6. The monoisotopic (exact) mass is 290 g/mol. The van der Waals surface area contributed by atoms with Crippen LogP contribution in [0.15, 0.2) is 23.8 Å². The summed E-state index contributed by atoms with van der Waals surface area (Å²) in [6, 6.07) is 0. The molecule has 1 aliphatic rings. The summed E-state index contributed by atoms with van der Waals surface area (Å²) in [6.07, 6.45) is 27.1. The highest BCUT2D eigenvalue weighted by Crippen LogP contribution is 2.25. The van der Waals surface area contributed by atoms with Crippen LogP contribution in [0.4, 0.5) is 0 Å². The van der Waals surface area contributed by atoms with Gasteiger partial charge < -0.3 is 0 Å². The summed E-state index contributed by atoms with van der Waals surface area (Å²) in [7, 11) is 0. The Morgan fingerprint density at radius 1 is 0.714 bits per heavy atom. The summed E-state index contributed by atoms with van der Waals surface area (Å²) >= 11 is 0. The van der Waals surface area contributed by atoms with Gasteiger partial charge in [0, 0.05) is 0 Å². The smallest absolute Gasteiger partial charge is 0.00445 e. The lowest BCUT2D eigenvalue weighted by Crippen LogP contribution is -1.90. The van der Waals surface area contributed by atoms with E-state index in [-0.39, 0.29) is 0 Å². The van der Waals surface area contributed by atoms with Crippen LogP contribution in [0.25, 0.3) is 0 Å². The van der Waals surface area contributed by atoms with E-state index in [1.165, 1.54) is 89.9 Å². The van der Waals surface area contributed by atoms with Gasteiger partial charge in [0.15, 0.2) is 0 Å². The maximum atomic E-state index is 2.54. The Labute approximate surface area is 134 Å². The number of rotatable bonds is 14. The second-order valence-electron chi connectivity index (χ2n) is 6.84. The summed E-state index contributed by atoms with van der Waals surface area (Å²) in [6.45, 7) is 4.58. The van der Waals surface area contributed by atoms with Gasteiger partial charge in [0.25, 0.3) is 0 Å². The fourth-order valence-corrected chi connectivity index (χ4v) is 3.25. The third-order valence-electron chi connectivity index (χ3n) is 4.70.